The molecular formula is C12H12N2O2. The predicted molar refractivity (Wildman–Crippen MR) is 61.3 cm³/mol. The smallest absolute Gasteiger partial charge is 0.269 e. The van der Waals surface area contributed by atoms with Gasteiger partial charge in [-0.25, -0.2) is 4.98 Å². The van der Waals surface area contributed by atoms with Gasteiger partial charge in [0.2, 0.25) is 0 Å². The first-order chi connectivity index (χ1) is 7.68. The van der Waals surface area contributed by atoms with Crippen LogP contribution in [0.25, 0.3) is 11.0 Å². The second-order valence-corrected chi connectivity index (χ2v) is 3.69. The molecule has 0 aliphatic carbocycles. The highest BCUT2D eigenvalue weighted by atomic mass is 16.1. The monoisotopic (exact) mass is 216 g/mol. The first-order valence-corrected chi connectivity index (χ1v) is 5.12. The maximum Gasteiger partial charge on any atom is 0.269 e. The Hall–Kier alpha value is -1.97. The summed E-state index contributed by atoms with van der Waals surface area (Å²) in [5.74, 6) is 0.0767. The van der Waals surface area contributed by atoms with E-state index in [1.54, 1.807) is 4.57 Å². The van der Waals surface area contributed by atoms with E-state index in [1.165, 1.54) is 13.1 Å². The summed E-state index contributed by atoms with van der Waals surface area (Å²) >= 11 is 0. The Morgan fingerprint density at radius 3 is 2.88 bits per heavy atom. The SMILES string of the molecule is CC(=O)CCn1c(=O)cnc2ccccc21. The molecule has 82 valence electrons. The summed E-state index contributed by atoms with van der Waals surface area (Å²) in [6, 6.07) is 7.41. The molecular weight excluding hydrogens is 204 g/mol. The van der Waals surface area contributed by atoms with Crippen molar-refractivity contribution < 1.29 is 4.79 Å². The van der Waals surface area contributed by atoms with E-state index in [9.17, 15) is 9.59 Å². The van der Waals surface area contributed by atoms with Crippen molar-refractivity contribution in [2.45, 2.75) is 19.9 Å². The van der Waals surface area contributed by atoms with E-state index in [2.05, 4.69) is 4.98 Å². The lowest BCUT2D eigenvalue weighted by Gasteiger charge is -2.07. The topological polar surface area (TPSA) is 52.0 Å². The number of carbonyl (C=O) groups excluding carboxylic acids is 1. The standard InChI is InChI=1S/C12H12N2O2/c1-9(15)6-7-14-11-5-3-2-4-10(11)13-8-12(14)16/h2-5,8H,6-7H2,1H3. The number of aryl methyl sites for hydroxylation is 1. The van der Waals surface area contributed by atoms with Crippen molar-refractivity contribution in [3.63, 3.8) is 0 Å². The number of fused-ring (bicyclic) bond motifs is 1. The number of Topliss-reactive ketones (excluding diaryl/α,β-unsaturated/α-hetero) is 1. The van der Waals surface area contributed by atoms with Gasteiger partial charge in [-0.15, -0.1) is 0 Å². The molecule has 0 atom stereocenters. The summed E-state index contributed by atoms with van der Waals surface area (Å²) in [7, 11) is 0. The molecule has 0 saturated heterocycles. The van der Waals surface area contributed by atoms with E-state index >= 15 is 0 Å². The second-order valence-electron chi connectivity index (χ2n) is 3.69. The third-order valence-corrected chi connectivity index (χ3v) is 2.44. The highest BCUT2D eigenvalue weighted by Crippen LogP contribution is 2.08. The van der Waals surface area contributed by atoms with Crippen molar-refractivity contribution in [3.05, 3.63) is 40.8 Å². The third kappa shape index (κ3) is 2.00. The molecule has 0 fully saturated rings. The van der Waals surface area contributed by atoms with E-state index in [1.807, 2.05) is 24.3 Å². The molecule has 2 aromatic rings. The van der Waals surface area contributed by atoms with Gasteiger partial charge < -0.3 is 4.57 Å². The number of hydrogen-bond donors (Lipinski definition) is 0. The molecule has 0 spiro atoms. The summed E-state index contributed by atoms with van der Waals surface area (Å²) in [6.07, 6.45) is 1.66. The molecule has 4 nitrogen and oxygen atoms in total. The second kappa shape index (κ2) is 4.26. The fourth-order valence-corrected chi connectivity index (χ4v) is 1.61. The lowest BCUT2D eigenvalue weighted by atomic mass is 10.2. The quantitative estimate of drug-likeness (QED) is 0.778. The molecule has 0 unspecified atom stereocenters. The summed E-state index contributed by atoms with van der Waals surface area (Å²) < 4.78 is 1.59. The average molecular weight is 216 g/mol. The maximum absolute atomic E-state index is 11.6. The van der Waals surface area contributed by atoms with Gasteiger partial charge in [0.15, 0.2) is 0 Å². The van der Waals surface area contributed by atoms with Crippen molar-refractivity contribution in [2.75, 3.05) is 0 Å². The van der Waals surface area contributed by atoms with Crippen LogP contribution in [0.5, 0.6) is 0 Å². The van der Waals surface area contributed by atoms with E-state index in [4.69, 9.17) is 0 Å². The molecule has 1 aromatic carbocycles. The molecule has 0 aliphatic rings. The van der Waals surface area contributed by atoms with Gasteiger partial charge in [-0.05, 0) is 19.1 Å². The van der Waals surface area contributed by atoms with Gasteiger partial charge >= 0.3 is 0 Å². The van der Waals surface area contributed by atoms with E-state index < -0.39 is 0 Å². The fourth-order valence-electron chi connectivity index (χ4n) is 1.61. The van der Waals surface area contributed by atoms with Crippen molar-refractivity contribution in [1.29, 1.82) is 0 Å². The Morgan fingerprint density at radius 2 is 2.12 bits per heavy atom. The molecule has 0 bridgehead atoms. The van der Waals surface area contributed by atoms with Crippen molar-refractivity contribution >= 4 is 16.8 Å². The zero-order valence-corrected chi connectivity index (χ0v) is 9.01. The Balaban J connectivity index is 2.53. The van der Waals surface area contributed by atoms with Gasteiger partial charge in [-0.3, -0.25) is 9.59 Å². The first-order valence-electron chi connectivity index (χ1n) is 5.12. The number of hydrogen-bond acceptors (Lipinski definition) is 3. The van der Waals surface area contributed by atoms with Gasteiger partial charge in [-0.1, -0.05) is 12.1 Å². The molecule has 4 heteroatoms. The molecule has 1 heterocycles. The highest BCUT2D eigenvalue weighted by Gasteiger charge is 2.04. The van der Waals surface area contributed by atoms with Gasteiger partial charge in [-0.2, -0.15) is 0 Å². The van der Waals surface area contributed by atoms with Crippen LogP contribution in [0.15, 0.2) is 35.3 Å². The number of nitrogens with zero attached hydrogens (tertiary/aromatic N) is 2. The summed E-state index contributed by atoms with van der Waals surface area (Å²) in [5.41, 5.74) is 1.38. The number of rotatable bonds is 3. The zero-order valence-electron chi connectivity index (χ0n) is 9.01. The minimum absolute atomic E-state index is 0.0767. The summed E-state index contributed by atoms with van der Waals surface area (Å²) in [6.45, 7) is 1.94. The lowest BCUT2D eigenvalue weighted by Crippen LogP contribution is -2.21. The average Bonchev–Trinajstić information content (AvgIpc) is 2.27. The van der Waals surface area contributed by atoms with E-state index in [0.29, 0.717) is 13.0 Å². The van der Waals surface area contributed by atoms with Crippen molar-refractivity contribution in [3.8, 4) is 0 Å². The van der Waals surface area contributed by atoms with Gasteiger partial charge in [0.25, 0.3) is 5.56 Å². The molecule has 0 radical (unpaired) electrons. The Morgan fingerprint density at radius 1 is 1.38 bits per heavy atom. The van der Waals surface area contributed by atoms with E-state index in [0.717, 1.165) is 11.0 Å². The third-order valence-electron chi connectivity index (χ3n) is 2.44. The van der Waals surface area contributed by atoms with Crippen LogP contribution in [-0.2, 0) is 11.3 Å². The lowest BCUT2D eigenvalue weighted by molar-refractivity contribution is -0.117. The molecule has 0 saturated carbocycles. The van der Waals surface area contributed by atoms with Crippen LogP contribution in [0, 0.1) is 0 Å². The molecule has 0 aliphatic heterocycles. The maximum atomic E-state index is 11.6. The summed E-state index contributed by atoms with van der Waals surface area (Å²) in [5, 5.41) is 0. The molecule has 1 aromatic heterocycles. The number of aromatic nitrogens is 2. The van der Waals surface area contributed by atoms with Crippen molar-refractivity contribution in [1.82, 2.24) is 9.55 Å². The minimum atomic E-state index is -0.167. The van der Waals surface area contributed by atoms with Crippen LogP contribution in [0.2, 0.25) is 0 Å². The number of benzene rings is 1. The fraction of sp³-hybridized carbons (Fsp3) is 0.250. The van der Waals surface area contributed by atoms with Crippen LogP contribution >= 0.6 is 0 Å². The van der Waals surface area contributed by atoms with Crippen molar-refractivity contribution in [2.24, 2.45) is 0 Å². The van der Waals surface area contributed by atoms with Gasteiger partial charge in [0.05, 0.1) is 17.2 Å². The zero-order chi connectivity index (χ0) is 11.5. The number of carbonyl (C=O) groups is 1. The summed E-state index contributed by atoms with van der Waals surface area (Å²) in [4.78, 5) is 26.6. The number of para-hydroxylation sites is 2. The molecule has 16 heavy (non-hydrogen) atoms. The highest BCUT2D eigenvalue weighted by molar-refractivity contribution is 5.76. The van der Waals surface area contributed by atoms with Crippen LogP contribution in [0.4, 0.5) is 0 Å². The first kappa shape index (κ1) is 10.5. The van der Waals surface area contributed by atoms with Crippen LogP contribution in [0.3, 0.4) is 0 Å². The Bertz CT molecular complexity index is 587. The van der Waals surface area contributed by atoms with Crippen LogP contribution < -0.4 is 5.56 Å². The van der Waals surface area contributed by atoms with Gasteiger partial charge in [0, 0.05) is 13.0 Å². The number of ketones is 1. The normalized spacial score (nSPS) is 10.6. The van der Waals surface area contributed by atoms with Gasteiger partial charge in [0.1, 0.15) is 5.78 Å². The molecule has 0 N–H and O–H groups in total. The molecule has 2 rings (SSSR count). The Labute approximate surface area is 92.5 Å². The minimum Gasteiger partial charge on any atom is -0.305 e. The largest absolute Gasteiger partial charge is 0.305 e. The molecule has 0 amide bonds. The van der Waals surface area contributed by atoms with Crippen LogP contribution in [0.1, 0.15) is 13.3 Å². The van der Waals surface area contributed by atoms with E-state index in [-0.39, 0.29) is 11.3 Å². The Kier molecular flexibility index (Phi) is 2.81. The predicted octanol–water partition coefficient (Wildman–Crippen LogP) is 1.38. The van der Waals surface area contributed by atoms with Crippen LogP contribution in [-0.4, -0.2) is 15.3 Å².